The Morgan fingerprint density at radius 1 is 1.10 bits per heavy atom. The molecule has 1 N–H and O–H groups in total. The Labute approximate surface area is 226 Å². The highest BCUT2D eigenvalue weighted by atomic mass is 19.4. The van der Waals surface area contributed by atoms with E-state index in [1.807, 2.05) is 7.05 Å². The summed E-state index contributed by atoms with van der Waals surface area (Å²) in [6, 6.07) is 2.37. The van der Waals surface area contributed by atoms with Crippen molar-refractivity contribution in [3.05, 3.63) is 29.3 Å². The van der Waals surface area contributed by atoms with Crippen LogP contribution in [0.15, 0.2) is 18.2 Å². The van der Waals surface area contributed by atoms with E-state index in [4.69, 9.17) is 9.47 Å². The summed E-state index contributed by atoms with van der Waals surface area (Å²) in [7, 11) is 3.47. The summed E-state index contributed by atoms with van der Waals surface area (Å²) in [5.74, 6) is -1.03. The number of amides is 3. The topological polar surface area (TPSA) is 94.7 Å². The minimum atomic E-state index is -4.63. The first kappa shape index (κ1) is 29.1. The molecule has 3 heterocycles. The Morgan fingerprint density at radius 3 is 2.54 bits per heavy atom. The highest BCUT2D eigenvalue weighted by molar-refractivity contribution is 5.97. The van der Waals surface area contributed by atoms with Gasteiger partial charge in [-0.2, -0.15) is 13.2 Å². The molecule has 2 saturated heterocycles. The number of alkyl halides is 3. The van der Waals surface area contributed by atoms with E-state index in [0.717, 1.165) is 44.1 Å². The number of rotatable bonds is 3. The number of nitrogens with zero attached hydrogens (tertiary/aromatic N) is 4. The van der Waals surface area contributed by atoms with Crippen molar-refractivity contribution in [1.29, 1.82) is 0 Å². The van der Waals surface area contributed by atoms with E-state index >= 15 is 0 Å². The molecule has 3 amide bonds. The number of carbonyl (C=O) groups is 3. The molecule has 0 aliphatic carbocycles. The Kier molecular flexibility index (Phi) is 9.34. The molecule has 0 radical (unpaired) electrons. The van der Waals surface area contributed by atoms with Gasteiger partial charge in [0.2, 0.25) is 11.8 Å². The molecule has 0 aromatic heterocycles. The monoisotopic (exact) mass is 555 g/mol. The van der Waals surface area contributed by atoms with Crippen LogP contribution < -0.4 is 10.1 Å². The van der Waals surface area contributed by atoms with E-state index < -0.39 is 23.7 Å². The Morgan fingerprint density at radius 2 is 1.85 bits per heavy atom. The van der Waals surface area contributed by atoms with Crippen molar-refractivity contribution in [3.63, 3.8) is 0 Å². The molecule has 10 nitrogen and oxygen atoms in total. The second-order valence-electron chi connectivity index (χ2n) is 10.3. The maximum Gasteiger partial charge on any atom is 0.416 e. The molecule has 4 rings (SSSR count). The zero-order valence-electron chi connectivity index (χ0n) is 22.3. The molecule has 39 heavy (non-hydrogen) atoms. The molecule has 3 aliphatic rings. The van der Waals surface area contributed by atoms with Crippen LogP contribution in [-0.2, 0) is 20.5 Å². The minimum absolute atomic E-state index is 0.0142. The number of nitrogens with one attached hydrogen (secondary N) is 1. The fraction of sp³-hybridized carbons (Fsp3) is 0.654. The average molecular weight is 556 g/mol. The lowest BCUT2D eigenvalue weighted by Gasteiger charge is -2.43. The lowest BCUT2D eigenvalue weighted by molar-refractivity contribution is -0.147. The molecule has 2 fully saturated rings. The summed E-state index contributed by atoms with van der Waals surface area (Å²) in [4.78, 5) is 46.7. The van der Waals surface area contributed by atoms with E-state index in [9.17, 15) is 27.6 Å². The predicted molar refractivity (Wildman–Crippen MR) is 135 cm³/mol. The van der Waals surface area contributed by atoms with Crippen LogP contribution in [0.1, 0.15) is 28.8 Å². The Hall–Kier alpha value is -2.90. The average Bonchev–Trinajstić information content (AvgIpc) is 2.91. The van der Waals surface area contributed by atoms with E-state index in [1.165, 1.54) is 7.11 Å². The van der Waals surface area contributed by atoms with Crippen LogP contribution in [0.25, 0.3) is 0 Å². The molecule has 0 spiro atoms. The second kappa shape index (κ2) is 12.5. The number of likely N-dealkylation sites (tertiary alicyclic amines) is 1. The van der Waals surface area contributed by atoms with Gasteiger partial charge < -0.3 is 29.5 Å². The molecule has 216 valence electrons. The summed E-state index contributed by atoms with van der Waals surface area (Å²) in [6.07, 6.45) is -2.90. The summed E-state index contributed by atoms with van der Waals surface area (Å²) < 4.78 is 51.2. The van der Waals surface area contributed by atoms with Crippen molar-refractivity contribution in [2.75, 3.05) is 79.7 Å². The third-order valence-electron chi connectivity index (χ3n) is 7.63. The molecule has 13 heteroatoms. The van der Waals surface area contributed by atoms with E-state index in [-0.39, 0.29) is 62.0 Å². The van der Waals surface area contributed by atoms with Crippen molar-refractivity contribution in [2.24, 2.45) is 0 Å². The van der Waals surface area contributed by atoms with Crippen LogP contribution in [0.5, 0.6) is 5.75 Å². The van der Waals surface area contributed by atoms with Crippen LogP contribution in [-0.4, -0.2) is 129 Å². The number of piperidine rings is 1. The fourth-order valence-electron chi connectivity index (χ4n) is 5.39. The number of hydrogen-bond acceptors (Lipinski definition) is 7. The lowest BCUT2D eigenvalue weighted by atomic mass is 10.0. The van der Waals surface area contributed by atoms with Gasteiger partial charge in [0, 0.05) is 45.9 Å². The van der Waals surface area contributed by atoms with Gasteiger partial charge in [-0.3, -0.25) is 19.3 Å². The van der Waals surface area contributed by atoms with Crippen molar-refractivity contribution in [3.8, 4) is 5.75 Å². The Bertz CT molecular complexity index is 1050. The van der Waals surface area contributed by atoms with Gasteiger partial charge in [0.25, 0.3) is 5.91 Å². The first-order chi connectivity index (χ1) is 18.6. The fourth-order valence-corrected chi connectivity index (χ4v) is 5.39. The quantitative estimate of drug-likeness (QED) is 0.593. The third-order valence-corrected chi connectivity index (χ3v) is 7.63. The van der Waals surface area contributed by atoms with Crippen LogP contribution >= 0.6 is 0 Å². The number of fused-ring (bicyclic) bond motifs is 2. The van der Waals surface area contributed by atoms with Gasteiger partial charge in [-0.15, -0.1) is 0 Å². The maximum absolute atomic E-state index is 13.6. The standard InChI is InChI=1S/C26H36F3N5O5/c1-31-8-5-19(6-9-31)32-10-7-30-25(37)21-13-18(26(27,28)29)3-4-22(21)39-16-20-14-33(24(36)17-38-2)11-12-34(20)23(35)15-32/h3-4,13,19-20H,5-12,14-17H2,1-2H3,(H,30,37)/t20-/m0/s1. The zero-order chi connectivity index (χ0) is 28.2. The number of ether oxygens (including phenoxy) is 2. The second-order valence-corrected chi connectivity index (χ2v) is 10.3. The molecular weight excluding hydrogens is 519 g/mol. The summed E-state index contributed by atoms with van der Waals surface area (Å²) in [6.45, 7) is 3.05. The van der Waals surface area contributed by atoms with Crippen molar-refractivity contribution >= 4 is 17.7 Å². The smallest absolute Gasteiger partial charge is 0.416 e. The highest BCUT2D eigenvalue weighted by Gasteiger charge is 2.36. The van der Waals surface area contributed by atoms with Gasteiger partial charge in [-0.1, -0.05) is 0 Å². The minimum Gasteiger partial charge on any atom is -0.491 e. The van der Waals surface area contributed by atoms with E-state index in [0.29, 0.717) is 19.6 Å². The Balaban J connectivity index is 1.64. The van der Waals surface area contributed by atoms with Crippen LogP contribution in [0, 0.1) is 0 Å². The molecule has 1 aromatic carbocycles. The van der Waals surface area contributed by atoms with Gasteiger partial charge in [-0.05, 0) is 51.2 Å². The van der Waals surface area contributed by atoms with Crippen molar-refractivity contribution < 1.29 is 37.0 Å². The number of methoxy groups -OCH3 is 1. The molecule has 0 saturated carbocycles. The van der Waals surface area contributed by atoms with Gasteiger partial charge in [-0.25, -0.2) is 0 Å². The highest BCUT2D eigenvalue weighted by Crippen LogP contribution is 2.33. The number of hydrogen-bond donors (Lipinski definition) is 1. The van der Waals surface area contributed by atoms with Gasteiger partial charge >= 0.3 is 6.18 Å². The zero-order valence-corrected chi connectivity index (χ0v) is 22.3. The van der Waals surface area contributed by atoms with E-state index in [1.54, 1.807) is 9.80 Å². The summed E-state index contributed by atoms with van der Waals surface area (Å²) in [5.41, 5.74) is -1.18. The molecule has 3 aliphatic heterocycles. The number of benzene rings is 1. The molecule has 1 aromatic rings. The first-order valence-corrected chi connectivity index (χ1v) is 13.2. The molecule has 0 unspecified atom stereocenters. The molecular formula is C26H36F3N5O5. The third kappa shape index (κ3) is 7.20. The van der Waals surface area contributed by atoms with Crippen molar-refractivity contribution in [1.82, 2.24) is 24.9 Å². The summed E-state index contributed by atoms with van der Waals surface area (Å²) >= 11 is 0. The normalized spacial score (nSPS) is 23.1. The number of carbonyl (C=O) groups excluding carboxylic acids is 3. The van der Waals surface area contributed by atoms with Gasteiger partial charge in [0.1, 0.15) is 19.0 Å². The van der Waals surface area contributed by atoms with Crippen LogP contribution in [0.3, 0.4) is 0 Å². The van der Waals surface area contributed by atoms with Gasteiger partial charge in [0.05, 0.1) is 23.7 Å². The van der Waals surface area contributed by atoms with Crippen LogP contribution in [0.4, 0.5) is 13.2 Å². The van der Waals surface area contributed by atoms with Gasteiger partial charge in [0.15, 0.2) is 0 Å². The largest absolute Gasteiger partial charge is 0.491 e. The maximum atomic E-state index is 13.6. The first-order valence-electron chi connectivity index (χ1n) is 13.2. The van der Waals surface area contributed by atoms with Crippen molar-refractivity contribution in [2.45, 2.75) is 31.1 Å². The summed E-state index contributed by atoms with van der Waals surface area (Å²) in [5, 5.41) is 2.72. The van der Waals surface area contributed by atoms with E-state index in [2.05, 4.69) is 15.1 Å². The number of piperazine rings is 1. The molecule has 0 bridgehead atoms. The van der Waals surface area contributed by atoms with Crippen LogP contribution in [0.2, 0.25) is 0 Å². The molecule has 1 atom stereocenters. The lowest BCUT2D eigenvalue weighted by Crippen LogP contribution is -2.61. The SMILES string of the molecule is COCC(=O)N1CCN2C(=O)CN(C3CCN(C)CC3)CCNC(=O)c3cc(C(F)(F)F)ccc3OC[C@@H]2C1. The predicted octanol–water partition coefficient (Wildman–Crippen LogP) is 0.910. The number of halogens is 3.